The third-order valence-corrected chi connectivity index (χ3v) is 11.3. The summed E-state index contributed by atoms with van der Waals surface area (Å²) < 4.78 is 12.5. The molecule has 0 spiro atoms. The van der Waals surface area contributed by atoms with Crippen LogP contribution < -0.4 is 0 Å². The zero-order valence-electron chi connectivity index (χ0n) is 29.5. The van der Waals surface area contributed by atoms with Gasteiger partial charge in [0.25, 0.3) is 0 Å². The van der Waals surface area contributed by atoms with Gasteiger partial charge in [-0.25, -0.2) is 0 Å². The lowest BCUT2D eigenvalue weighted by Crippen LogP contribution is -2.46. The molecule has 0 radical (unpaired) electrons. The third-order valence-electron chi connectivity index (χ3n) is 11.3. The molecular weight excluding hydrogens is 544 g/mol. The van der Waals surface area contributed by atoms with Crippen LogP contribution in [0.25, 0.3) is 0 Å². The molecule has 2 N–H and O–H groups in total. The van der Waals surface area contributed by atoms with E-state index in [1.807, 2.05) is 0 Å². The van der Waals surface area contributed by atoms with Crippen molar-refractivity contribution in [1.29, 1.82) is 0 Å². The number of allylic oxidation sites excluding steroid dienone is 10. The minimum absolute atomic E-state index is 0.0755. The Labute approximate surface area is 269 Å². The summed E-state index contributed by atoms with van der Waals surface area (Å²) in [5.41, 5.74) is 1.26. The summed E-state index contributed by atoms with van der Waals surface area (Å²) >= 11 is 0. The van der Waals surface area contributed by atoms with Gasteiger partial charge in [0.1, 0.15) is 22.4 Å². The number of unbranched alkanes of at least 4 members (excludes halogenated alkanes) is 1. The molecule has 2 aliphatic carbocycles. The van der Waals surface area contributed by atoms with Crippen LogP contribution in [0.1, 0.15) is 121 Å². The van der Waals surface area contributed by atoms with Crippen LogP contribution in [0.4, 0.5) is 0 Å². The van der Waals surface area contributed by atoms with Gasteiger partial charge in [-0.3, -0.25) is 0 Å². The van der Waals surface area contributed by atoms with Crippen LogP contribution in [-0.4, -0.2) is 44.8 Å². The first kappa shape index (κ1) is 35.1. The fraction of sp³-hybridized carbons (Fsp3) is 0.700. The number of aliphatic hydroxyl groups is 2. The van der Waals surface area contributed by atoms with Crippen LogP contribution in [0.2, 0.25) is 0 Å². The van der Waals surface area contributed by atoms with Gasteiger partial charge in [-0.15, -0.1) is 0 Å². The van der Waals surface area contributed by atoms with Gasteiger partial charge in [0.05, 0.1) is 12.2 Å². The smallest absolute Gasteiger partial charge is 0.121 e. The van der Waals surface area contributed by atoms with Crippen molar-refractivity contribution in [2.45, 2.75) is 155 Å². The highest BCUT2D eigenvalue weighted by atomic mass is 16.6. The molecule has 8 atom stereocenters. The van der Waals surface area contributed by atoms with Gasteiger partial charge >= 0.3 is 0 Å². The lowest BCUT2D eigenvalue weighted by atomic mass is 9.63. The summed E-state index contributed by atoms with van der Waals surface area (Å²) in [4.78, 5) is 0. The number of ether oxygens (including phenoxy) is 2. The Kier molecular flexibility index (Phi) is 10.2. The van der Waals surface area contributed by atoms with E-state index in [0.29, 0.717) is 24.7 Å². The van der Waals surface area contributed by atoms with E-state index in [4.69, 9.17) is 9.47 Å². The molecule has 4 nitrogen and oxygen atoms in total. The normalized spacial score (nSPS) is 39.6. The lowest BCUT2D eigenvalue weighted by molar-refractivity contribution is 0.0510. The first-order valence-electron chi connectivity index (χ1n) is 17.3. The molecule has 4 aliphatic rings. The van der Waals surface area contributed by atoms with E-state index in [-0.39, 0.29) is 45.4 Å². The van der Waals surface area contributed by atoms with Gasteiger partial charge in [0.15, 0.2) is 0 Å². The van der Waals surface area contributed by atoms with Crippen molar-refractivity contribution >= 4 is 0 Å². The highest BCUT2D eigenvalue weighted by molar-refractivity contribution is 5.37. The summed E-state index contributed by atoms with van der Waals surface area (Å²) in [5, 5.41) is 20.5. The van der Waals surface area contributed by atoms with E-state index in [1.165, 1.54) is 36.8 Å². The van der Waals surface area contributed by atoms with Crippen molar-refractivity contribution in [3.8, 4) is 0 Å². The Morgan fingerprint density at radius 3 is 1.36 bits per heavy atom. The zero-order chi connectivity index (χ0) is 32.6. The molecular formula is C40H62O4. The first-order valence-corrected chi connectivity index (χ1v) is 17.3. The largest absolute Gasteiger partial charge is 0.393 e. The van der Waals surface area contributed by atoms with E-state index in [0.717, 1.165) is 12.8 Å². The number of epoxide rings is 2. The van der Waals surface area contributed by atoms with E-state index in [1.54, 1.807) is 0 Å². The Balaban J connectivity index is 1.15. The third kappa shape index (κ3) is 7.14. The number of hydrogen-bond acceptors (Lipinski definition) is 4. The Morgan fingerprint density at radius 2 is 1.02 bits per heavy atom. The molecule has 0 bridgehead atoms. The molecule has 2 saturated carbocycles. The van der Waals surface area contributed by atoms with Crippen molar-refractivity contribution in [2.75, 3.05) is 0 Å². The molecule has 4 rings (SSSR count). The minimum Gasteiger partial charge on any atom is -0.393 e. The SMILES string of the molecule is CC(/C=C/[C@@]12O[C@]1(C)C[C@@H](O)CC2(C)C)=C\C=C\C(C)CCCCC(C)/C=C/C=C(C)/C=C/[C@@]12O[C@]1(C)C[C@@H](O)CC2(C)C. The molecule has 246 valence electrons. The summed E-state index contributed by atoms with van der Waals surface area (Å²) in [6.45, 7) is 22.0. The highest BCUT2D eigenvalue weighted by Crippen LogP contribution is 2.67. The number of fused-ring (bicyclic) bond motifs is 2. The standard InChI is InChI=1S/C40H62O4/c1-29(17-13-19-31(3)21-23-39-35(5,6)25-33(41)27-37(39,9)43-39)15-11-12-16-30(2)18-14-20-32(4)22-24-40-36(7,8)26-34(42)28-38(40,10)44-40/h13-14,17-24,29-30,33-34,41-42H,11-12,15-16,25-28H2,1-10H3/b17-13+,18-14+,23-21+,24-22+,31-19+,32-20+/t29?,30?,33-,34-,37+,38+,39-,40-/m0/s1. The molecule has 44 heavy (non-hydrogen) atoms. The van der Waals surface area contributed by atoms with Crippen LogP contribution >= 0.6 is 0 Å². The molecule has 4 fully saturated rings. The van der Waals surface area contributed by atoms with Crippen LogP contribution in [0.5, 0.6) is 0 Å². The summed E-state index contributed by atoms with van der Waals surface area (Å²) in [6.07, 6.45) is 29.7. The first-order chi connectivity index (χ1) is 20.4. The molecule has 2 unspecified atom stereocenters. The van der Waals surface area contributed by atoms with Gasteiger partial charge in [-0.05, 0) is 77.4 Å². The minimum atomic E-state index is -0.277. The summed E-state index contributed by atoms with van der Waals surface area (Å²) in [5.74, 6) is 1.13. The van der Waals surface area contributed by atoms with E-state index >= 15 is 0 Å². The molecule has 0 aromatic heterocycles. The second-order valence-corrected chi connectivity index (χ2v) is 16.5. The van der Waals surface area contributed by atoms with E-state index < -0.39 is 0 Å². The fourth-order valence-electron chi connectivity index (χ4n) is 8.68. The number of hydrogen-bond donors (Lipinski definition) is 2. The topological polar surface area (TPSA) is 65.5 Å². The molecule has 2 aliphatic heterocycles. The zero-order valence-corrected chi connectivity index (χ0v) is 29.5. The van der Waals surface area contributed by atoms with Crippen LogP contribution in [0.15, 0.2) is 71.9 Å². The molecule has 2 heterocycles. The Morgan fingerprint density at radius 1 is 0.659 bits per heavy atom. The fourth-order valence-corrected chi connectivity index (χ4v) is 8.68. The molecule has 0 aromatic rings. The van der Waals surface area contributed by atoms with Crippen molar-refractivity contribution in [3.05, 3.63) is 71.9 Å². The highest BCUT2D eigenvalue weighted by Gasteiger charge is 2.75. The lowest BCUT2D eigenvalue weighted by Gasteiger charge is -2.39. The second-order valence-electron chi connectivity index (χ2n) is 16.5. The molecule has 0 amide bonds. The monoisotopic (exact) mass is 606 g/mol. The quantitative estimate of drug-likeness (QED) is 0.125. The van der Waals surface area contributed by atoms with Crippen molar-refractivity contribution in [3.63, 3.8) is 0 Å². The van der Waals surface area contributed by atoms with Crippen LogP contribution in [0.3, 0.4) is 0 Å². The Hall–Kier alpha value is -1.72. The summed E-state index contributed by atoms with van der Waals surface area (Å²) in [6, 6.07) is 0. The summed E-state index contributed by atoms with van der Waals surface area (Å²) in [7, 11) is 0. The molecule has 2 saturated heterocycles. The van der Waals surface area contributed by atoms with Crippen molar-refractivity contribution in [1.82, 2.24) is 0 Å². The maximum absolute atomic E-state index is 10.3. The maximum Gasteiger partial charge on any atom is 0.121 e. The van der Waals surface area contributed by atoms with Gasteiger partial charge in [-0.1, -0.05) is 114 Å². The van der Waals surface area contributed by atoms with Crippen molar-refractivity contribution < 1.29 is 19.7 Å². The predicted molar refractivity (Wildman–Crippen MR) is 183 cm³/mol. The molecule has 0 aromatic carbocycles. The second kappa shape index (κ2) is 12.8. The van der Waals surface area contributed by atoms with Gasteiger partial charge in [0, 0.05) is 23.7 Å². The maximum atomic E-state index is 10.3. The van der Waals surface area contributed by atoms with Gasteiger partial charge in [0.2, 0.25) is 0 Å². The Bertz CT molecular complexity index is 1120. The number of rotatable bonds is 13. The number of aliphatic hydroxyl groups excluding tert-OH is 2. The average Bonchev–Trinajstić information content (AvgIpc) is 3.73. The average molecular weight is 607 g/mol. The molecule has 4 heteroatoms. The van der Waals surface area contributed by atoms with Crippen LogP contribution in [0, 0.1) is 22.7 Å². The van der Waals surface area contributed by atoms with Crippen LogP contribution in [-0.2, 0) is 9.47 Å². The van der Waals surface area contributed by atoms with Crippen molar-refractivity contribution in [2.24, 2.45) is 22.7 Å². The van der Waals surface area contributed by atoms with Gasteiger partial charge in [-0.2, -0.15) is 0 Å². The predicted octanol–water partition coefficient (Wildman–Crippen LogP) is 9.35. The van der Waals surface area contributed by atoms with E-state index in [9.17, 15) is 10.2 Å². The van der Waals surface area contributed by atoms with E-state index in [2.05, 4.69) is 130 Å². The van der Waals surface area contributed by atoms with Gasteiger partial charge < -0.3 is 19.7 Å².